The molecule has 0 unspecified atom stereocenters. The summed E-state index contributed by atoms with van der Waals surface area (Å²) in [5.41, 5.74) is 0. The van der Waals surface area contributed by atoms with Crippen molar-refractivity contribution < 1.29 is 15.7 Å². The van der Waals surface area contributed by atoms with Gasteiger partial charge in [0, 0.05) is 0 Å². The summed E-state index contributed by atoms with van der Waals surface area (Å²) >= 11 is -4.12. The van der Waals surface area contributed by atoms with Crippen LogP contribution in [0.25, 0.3) is 0 Å². The number of hydrogen-bond donors (Lipinski definition) is 0. The summed E-state index contributed by atoms with van der Waals surface area (Å²) in [5.74, 6) is -0.872. The average Bonchev–Trinajstić information content (AvgIpc) is 2.15. The number of alkyl halides is 2. The van der Waals surface area contributed by atoms with E-state index in [-0.39, 0.29) is 0 Å². The van der Waals surface area contributed by atoms with Crippen molar-refractivity contribution in [3.8, 4) is 0 Å². The van der Waals surface area contributed by atoms with Crippen molar-refractivity contribution in [2.24, 2.45) is 0 Å². The summed E-state index contributed by atoms with van der Waals surface area (Å²) in [4.78, 5) is 26.0. The summed E-state index contributed by atoms with van der Waals surface area (Å²) in [5, 5.41) is 0. The van der Waals surface area contributed by atoms with E-state index in [4.69, 9.17) is 6.13 Å². The number of hydrogen-bond acceptors (Lipinski definition) is 4. The van der Waals surface area contributed by atoms with Gasteiger partial charge in [-0.1, -0.05) is 0 Å². The molecule has 0 N–H and O–H groups in total. The molecule has 0 atom stereocenters. The SMILES string of the molecule is CC(=O)OI(C)(C)(OC(C)=O)c1ccccc1. The Morgan fingerprint density at radius 2 is 1.35 bits per heavy atom. The van der Waals surface area contributed by atoms with Crippen LogP contribution in [-0.2, 0) is 15.7 Å². The molecular formula is C12H17IO4. The maximum atomic E-state index is 11.3. The van der Waals surface area contributed by atoms with Gasteiger partial charge in [0.15, 0.2) is 0 Å². The molecule has 1 aromatic rings. The molecule has 0 aliphatic rings. The van der Waals surface area contributed by atoms with Gasteiger partial charge in [-0.15, -0.1) is 0 Å². The predicted octanol–water partition coefficient (Wildman–Crippen LogP) is 2.65. The van der Waals surface area contributed by atoms with E-state index < -0.39 is 29.8 Å². The van der Waals surface area contributed by atoms with Crippen LogP contribution in [0.1, 0.15) is 13.8 Å². The van der Waals surface area contributed by atoms with E-state index in [9.17, 15) is 9.59 Å². The Kier molecular flexibility index (Phi) is 3.81. The number of carbonyl (C=O) groups excluding carboxylic acids is 2. The normalized spacial score (nSPS) is 13.3. The molecule has 0 spiro atoms. The van der Waals surface area contributed by atoms with Crippen LogP contribution in [0.15, 0.2) is 30.3 Å². The second-order valence-electron chi connectivity index (χ2n) is 4.02. The van der Waals surface area contributed by atoms with Gasteiger partial charge in [0.2, 0.25) is 0 Å². The molecule has 0 aromatic heterocycles. The van der Waals surface area contributed by atoms with E-state index in [1.54, 1.807) is 9.86 Å². The third-order valence-corrected chi connectivity index (χ3v) is 10.0. The van der Waals surface area contributed by atoms with Crippen LogP contribution in [-0.4, -0.2) is 21.8 Å². The van der Waals surface area contributed by atoms with Crippen molar-refractivity contribution >= 4 is 29.8 Å². The number of benzene rings is 1. The third-order valence-electron chi connectivity index (χ3n) is 2.01. The Hall–Kier alpha value is -1.11. The average molecular weight is 352 g/mol. The molecule has 0 fully saturated rings. The van der Waals surface area contributed by atoms with Gasteiger partial charge >= 0.3 is 103 Å². The minimum atomic E-state index is -4.12. The van der Waals surface area contributed by atoms with Crippen molar-refractivity contribution in [2.45, 2.75) is 13.8 Å². The van der Waals surface area contributed by atoms with Crippen molar-refractivity contribution in [2.75, 3.05) is 9.86 Å². The first-order valence-electron chi connectivity index (χ1n) is 4.98. The van der Waals surface area contributed by atoms with Crippen LogP contribution in [0, 0.1) is 3.57 Å². The number of carbonyl (C=O) groups is 2. The van der Waals surface area contributed by atoms with Crippen LogP contribution in [0.3, 0.4) is 0 Å². The molecular weight excluding hydrogens is 335 g/mol. The monoisotopic (exact) mass is 352 g/mol. The summed E-state index contributed by atoms with van der Waals surface area (Å²) in [6, 6.07) is 9.16. The van der Waals surface area contributed by atoms with Gasteiger partial charge in [-0.3, -0.25) is 0 Å². The molecule has 0 radical (unpaired) electrons. The van der Waals surface area contributed by atoms with E-state index >= 15 is 0 Å². The van der Waals surface area contributed by atoms with E-state index in [2.05, 4.69) is 0 Å². The Balaban J connectivity index is 3.27. The topological polar surface area (TPSA) is 52.6 Å². The van der Waals surface area contributed by atoms with Crippen molar-refractivity contribution in [3.63, 3.8) is 0 Å². The fourth-order valence-corrected chi connectivity index (χ4v) is 8.15. The second-order valence-corrected chi connectivity index (χ2v) is 15.2. The molecule has 1 rings (SSSR count). The first-order valence-corrected chi connectivity index (χ1v) is 12.1. The fraction of sp³-hybridized carbons (Fsp3) is 0.333. The molecule has 0 aliphatic heterocycles. The van der Waals surface area contributed by atoms with Crippen LogP contribution in [0.2, 0.25) is 0 Å². The van der Waals surface area contributed by atoms with E-state index in [0.717, 1.165) is 3.57 Å². The second kappa shape index (κ2) is 4.64. The molecule has 0 bridgehead atoms. The molecule has 4 nitrogen and oxygen atoms in total. The van der Waals surface area contributed by atoms with E-state index in [0.29, 0.717) is 0 Å². The first-order chi connectivity index (χ1) is 7.73. The summed E-state index contributed by atoms with van der Waals surface area (Å²) in [6.45, 7) is 2.64. The standard InChI is InChI=1S/C12H17IO4/c1-10(14)16-13(3,4,17-11(2)15)12-8-6-5-7-9-12/h5-9H,1-4H3. The van der Waals surface area contributed by atoms with Gasteiger partial charge in [-0.25, -0.2) is 0 Å². The van der Waals surface area contributed by atoms with Crippen molar-refractivity contribution in [3.05, 3.63) is 33.9 Å². The molecule has 0 amide bonds. The summed E-state index contributed by atoms with van der Waals surface area (Å²) < 4.78 is 11.6. The zero-order valence-electron chi connectivity index (χ0n) is 10.4. The molecule has 0 saturated carbocycles. The fourth-order valence-electron chi connectivity index (χ4n) is 1.51. The van der Waals surface area contributed by atoms with Crippen LogP contribution >= 0.6 is 17.9 Å². The maximum absolute atomic E-state index is 11.3. The molecule has 0 aliphatic carbocycles. The van der Waals surface area contributed by atoms with Gasteiger partial charge in [0.1, 0.15) is 0 Å². The van der Waals surface area contributed by atoms with Crippen LogP contribution in [0.5, 0.6) is 0 Å². The van der Waals surface area contributed by atoms with E-state index in [1.165, 1.54) is 13.8 Å². The molecule has 1 aromatic carbocycles. The molecule has 5 heteroatoms. The van der Waals surface area contributed by atoms with E-state index in [1.807, 2.05) is 30.3 Å². The Labute approximate surface area is 103 Å². The Morgan fingerprint density at radius 3 is 1.71 bits per heavy atom. The van der Waals surface area contributed by atoms with Gasteiger partial charge in [-0.05, 0) is 0 Å². The summed E-state index contributed by atoms with van der Waals surface area (Å²) in [6.07, 6.45) is 0. The van der Waals surface area contributed by atoms with Crippen LogP contribution in [0.4, 0.5) is 0 Å². The quantitative estimate of drug-likeness (QED) is 0.620. The van der Waals surface area contributed by atoms with Gasteiger partial charge in [-0.2, -0.15) is 0 Å². The first kappa shape index (κ1) is 14.0. The Morgan fingerprint density at radius 1 is 0.941 bits per heavy atom. The zero-order chi connectivity index (χ0) is 13.1. The van der Waals surface area contributed by atoms with Gasteiger partial charge < -0.3 is 0 Å². The summed E-state index contributed by atoms with van der Waals surface area (Å²) in [7, 11) is 0. The van der Waals surface area contributed by atoms with Gasteiger partial charge in [0.25, 0.3) is 0 Å². The molecule has 17 heavy (non-hydrogen) atoms. The van der Waals surface area contributed by atoms with Crippen molar-refractivity contribution in [1.29, 1.82) is 0 Å². The Bertz CT molecular complexity index is 419. The number of halogens is 1. The molecule has 96 valence electrons. The minimum absolute atomic E-state index is 0.436. The third kappa shape index (κ3) is 3.42. The zero-order valence-corrected chi connectivity index (χ0v) is 12.6. The molecule has 0 saturated heterocycles. The predicted molar refractivity (Wildman–Crippen MR) is 74.5 cm³/mol. The number of rotatable bonds is 3. The van der Waals surface area contributed by atoms with Crippen molar-refractivity contribution in [1.82, 2.24) is 0 Å². The molecule has 0 heterocycles. The van der Waals surface area contributed by atoms with Gasteiger partial charge in [0.05, 0.1) is 0 Å². The van der Waals surface area contributed by atoms with Crippen LogP contribution < -0.4 is 0 Å².